The molecule has 8 nitrogen and oxygen atoms in total. The van der Waals surface area contributed by atoms with Crippen LogP contribution >= 0.6 is 11.3 Å². The summed E-state index contributed by atoms with van der Waals surface area (Å²) in [5.74, 6) is 0.714. The molecule has 1 atom stereocenters. The zero-order chi connectivity index (χ0) is 22.1. The van der Waals surface area contributed by atoms with Crippen LogP contribution in [0.15, 0.2) is 57.8 Å². The second kappa shape index (κ2) is 8.49. The van der Waals surface area contributed by atoms with E-state index in [4.69, 9.17) is 4.42 Å². The molecule has 0 saturated heterocycles. The number of nitrogens with zero attached hydrogens (tertiary/aromatic N) is 6. The van der Waals surface area contributed by atoms with Crippen molar-refractivity contribution < 1.29 is 9.21 Å². The monoisotopic (exact) mass is 444 g/mol. The molecule has 0 N–H and O–H groups in total. The lowest BCUT2D eigenvalue weighted by atomic mass is 9.95. The topological polar surface area (TPSA) is 101 Å². The molecule has 1 unspecified atom stereocenters. The zero-order valence-corrected chi connectivity index (χ0v) is 18.2. The van der Waals surface area contributed by atoms with Gasteiger partial charge in [-0.15, -0.1) is 21.5 Å². The van der Waals surface area contributed by atoms with Gasteiger partial charge in [-0.3, -0.25) is 14.3 Å². The van der Waals surface area contributed by atoms with Crippen LogP contribution in [0.3, 0.4) is 0 Å². The van der Waals surface area contributed by atoms with E-state index >= 15 is 0 Å². The van der Waals surface area contributed by atoms with Crippen molar-refractivity contribution in [3.8, 4) is 16.8 Å². The van der Waals surface area contributed by atoms with Gasteiger partial charge >= 0.3 is 0 Å². The highest BCUT2D eigenvalue weighted by molar-refractivity contribution is 7.13. The third kappa shape index (κ3) is 3.64. The van der Waals surface area contributed by atoms with E-state index in [1.54, 1.807) is 22.0 Å². The summed E-state index contributed by atoms with van der Waals surface area (Å²) in [4.78, 5) is 20.6. The van der Waals surface area contributed by atoms with Gasteiger partial charge in [-0.2, -0.15) is 5.26 Å². The average Bonchev–Trinajstić information content (AvgIpc) is 3.53. The van der Waals surface area contributed by atoms with E-state index in [1.807, 2.05) is 41.8 Å². The molecular weight excluding hydrogens is 424 g/mol. The Kier molecular flexibility index (Phi) is 5.39. The maximum absolute atomic E-state index is 12.9. The van der Waals surface area contributed by atoms with Gasteiger partial charge in [-0.25, -0.2) is 4.98 Å². The number of hydrogen-bond donors (Lipinski definition) is 0. The number of allylic oxidation sites excluding steroid dienone is 1. The van der Waals surface area contributed by atoms with Crippen LogP contribution in [0, 0.1) is 11.3 Å². The first-order chi connectivity index (χ1) is 15.7. The largest absolute Gasteiger partial charge is 0.419 e. The third-order valence-corrected chi connectivity index (χ3v) is 6.24. The molecular formula is C23H20N6O2S. The van der Waals surface area contributed by atoms with Gasteiger partial charge in [0.25, 0.3) is 11.8 Å². The minimum Gasteiger partial charge on any atom is -0.419 e. The molecule has 9 heteroatoms. The molecule has 0 spiro atoms. The van der Waals surface area contributed by atoms with Crippen molar-refractivity contribution in [2.45, 2.75) is 25.8 Å². The maximum atomic E-state index is 12.9. The van der Waals surface area contributed by atoms with Gasteiger partial charge in [-0.1, -0.05) is 25.1 Å². The van der Waals surface area contributed by atoms with E-state index in [9.17, 15) is 10.1 Å². The lowest BCUT2D eigenvalue weighted by molar-refractivity contribution is 0.0963. The number of rotatable bonds is 7. The average molecular weight is 445 g/mol. The molecule has 1 aromatic carbocycles. The highest BCUT2D eigenvalue weighted by atomic mass is 32.1. The lowest BCUT2D eigenvalue weighted by Gasteiger charge is -2.26. The Morgan fingerprint density at radius 1 is 1.22 bits per heavy atom. The molecule has 1 aliphatic rings. The number of para-hydroxylation sites is 2. The molecule has 4 heterocycles. The van der Waals surface area contributed by atoms with Crippen LogP contribution < -0.4 is 0 Å². The number of hydrogen-bond acceptors (Lipinski definition) is 8. The number of aromatic nitrogens is 4. The molecule has 3 aromatic heterocycles. The molecule has 4 aromatic rings. The minimum absolute atomic E-state index is 0.176. The maximum Gasteiger partial charge on any atom is 0.257 e. The first-order valence-electron chi connectivity index (χ1n) is 10.4. The Balaban J connectivity index is 1.40. The predicted octanol–water partition coefficient (Wildman–Crippen LogP) is 4.25. The first kappa shape index (κ1) is 20.3. The smallest absolute Gasteiger partial charge is 0.257 e. The highest BCUT2D eigenvalue weighted by Gasteiger charge is 2.32. The molecule has 0 saturated carbocycles. The van der Waals surface area contributed by atoms with Crippen LogP contribution in [0.4, 0.5) is 0 Å². The Labute approximate surface area is 188 Å². The molecule has 1 aliphatic heterocycles. The number of fused-ring (bicyclic) bond motifs is 3. The first-order valence-corrected chi connectivity index (χ1v) is 11.3. The normalized spacial score (nSPS) is 15.7. The number of benzene rings is 1. The second-order valence-corrected chi connectivity index (χ2v) is 8.55. The van der Waals surface area contributed by atoms with Gasteiger partial charge in [0.1, 0.15) is 11.7 Å². The summed E-state index contributed by atoms with van der Waals surface area (Å²) in [6.07, 6.45) is 2.48. The third-order valence-electron chi connectivity index (χ3n) is 5.38. The van der Waals surface area contributed by atoms with Gasteiger partial charge in [0, 0.05) is 12.6 Å². The lowest BCUT2D eigenvalue weighted by Crippen LogP contribution is -2.31. The molecule has 0 fully saturated rings. The van der Waals surface area contributed by atoms with Gasteiger partial charge in [-0.05, 0) is 42.1 Å². The Bertz CT molecular complexity index is 1340. The summed E-state index contributed by atoms with van der Waals surface area (Å²) in [6, 6.07) is 13.7. The standard InChI is InChI=1S/C23H20N6O2S/c1-2-9-28(14-20-26-27-23(31-20)19-8-5-10-32-19)13-15-11-21(30)29-18-7-4-3-6-17(18)25-22(29)16(15)12-24/h3-8,10-11,16H,2,9,13-14H2,1H3. The fraction of sp³-hybridized carbons (Fsp3) is 0.261. The van der Waals surface area contributed by atoms with Gasteiger partial charge in [0.15, 0.2) is 0 Å². The molecule has 0 aliphatic carbocycles. The molecule has 32 heavy (non-hydrogen) atoms. The number of carbonyl (C=O) groups is 1. The van der Waals surface area contributed by atoms with Crippen molar-refractivity contribution in [2.75, 3.05) is 13.1 Å². The van der Waals surface area contributed by atoms with Crippen molar-refractivity contribution >= 4 is 28.3 Å². The molecule has 5 rings (SSSR count). The fourth-order valence-corrected chi connectivity index (χ4v) is 4.66. The van der Waals surface area contributed by atoms with E-state index in [0.717, 1.165) is 28.9 Å². The minimum atomic E-state index is -0.594. The van der Waals surface area contributed by atoms with Gasteiger partial charge in [0.2, 0.25) is 5.89 Å². The zero-order valence-electron chi connectivity index (χ0n) is 17.4. The Hall–Kier alpha value is -3.61. The van der Waals surface area contributed by atoms with Crippen molar-refractivity contribution in [2.24, 2.45) is 0 Å². The molecule has 0 amide bonds. The Morgan fingerprint density at radius 3 is 2.88 bits per heavy atom. The van der Waals surface area contributed by atoms with Crippen LogP contribution in [0.1, 0.15) is 35.8 Å². The number of carbonyl (C=O) groups excluding carboxylic acids is 1. The summed E-state index contributed by atoms with van der Waals surface area (Å²) >= 11 is 1.54. The summed E-state index contributed by atoms with van der Waals surface area (Å²) in [5.41, 5.74) is 2.16. The predicted molar refractivity (Wildman–Crippen MR) is 120 cm³/mol. The molecule has 0 radical (unpaired) electrons. The van der Waals surface area contributed by atoms with Crippen molar-refractivity contribution in [1.29, 1.82) is 5.26 Å². The van der Waals surface area contributed by atoms with Crippen LogP contribution in [-0.4, -0.2) is 43.6 Å². The Morgan fingerprint density at radius 2 is 2.09 bits per heavy atom. The fourth-order valence-electron chi connectivity index (χ4n) is 4.02. The van der Waals surface area contributed by atoms with Crippen LogP contribution in [-0.2, 0) is 6.54 Å². The number of thiophene rings is 1. The van der Waals surface area contributed by atoms with Crippen LogP contribution in [0.2, 0.25) is 0 Å². The van der Waals surface area contributed by atoms with E-state index in [1.165, 1.54) is 0 Å². The van der Waals surface area contributed by atoms with Crippen molar-refractivity contribution in [3.63, 3.8) is 0 Å². The van der Waals surface area contributed by atoms with Crippen LogP contribution in [0.25, 0.3) is 21.8 Å². The summed E-state index contributed by atoms with van der Waals surface area (Å²) in [6.45, 7) is 3.72. The van der Waals surface area contributed by atoms with Gasteiger partial charge in [0.05, 0.1) is 28.5 Å². The SMILES string of the molecule is CCCN(CC1=CC(=O)n2c(nc3ccccc32)C1C#N)Cc1nnc(-c2cccs2)o1. The van der Waals surface area contributed by atoms with Crippen molar-refractivity contribution in [1.82, 2.24) is 24.6 Å². The number of nitriles is 1. The van der Waals surface area contributed by atoms with Crippen molar-refractivity contribution in [3.05, 3.63) is 65.1 Å². The van der Waals surface area contributed by atoms with E-state index in [2.05, 4.69) is 33.1 Å². The second-order valence-electron chi connectivity index (χ2n) is 7.60. The summed E-state index contributed by atoms with van der Waals surface area (Å²) < 4.78 is 7.39. The van der Waals surface area contributed by atoms with E-state index in [-0.39, 0.29) is 5.91 Å². The summed E-state index contributed by atoms with van der Waals surface area (Å²) in [7, 11) is 0. The van der Waals surface area contributed by atoms with E-state index < -0.39 is 5.92 Å². The van der Waals surface area contributed by atoms with Crippen LogP contribution in [0.5, 0.6) is 0 Å². The summed E-state index contributed by atoms with van der Waals surface area (Å²) in [5, 5.41) is 20.2. The molecule has 0 bridgehead atoms. The number of imidazole rings is 1. The molecule has 160 valence electrons. The van der Waals surface area contributed by atoms with E-state index in [0.29, 0.717) is 36.2 Å². The quantitative estimate of drug-likeness (QED) is 0.420. The highest BCUT2D eigenvalue weighted by Crippen LogP contribution is 2.32. The van der Waals surface area contributed by atoms with Gasteiger partial charge < -0.3 is 4.42 Å².